The van der Waals surface area contributed by atoms with Crippen molar-refractivity contribution < 1.29 is 22.6 Å². The molecule has 0 amide bonds. The van der Waals surface area contributed by atoms with Crippen LogP contribution in [-0.2, 0) is 19.5 Å². The van der Waals surface area contributed by atoms with Crippen molar-refractivity contribution in [1.82, 2.24) is 4.31 Å². The zero-order valence-electron chi connectivity index (χ0n) is 13.5. The van der Waals surface area contributed by atoms with Gasteiger partial charge in [0.15, 0.2) is 0 Å². The summed E-state index contributed by atoms with van der Waals surface area (Å²) in [7, 11) is -2.04. The fourth-order valence-electron chi connectivity index (χ4n) is 3.44. The summed E-state index contributed by atoms with van der Waals surface area (Å²) in [6.07, 6.45) is 1.16. The largest absolute Gasteiger partial charge is 0.497 e. The van der Waals surface area contributed by atoms with Crippen LogP contribution in [0.15, 0.2) is 29.2 Å². The van der Waals surface area contributed by atoms with Crippen LogP contribution in [-0.4, -0.2) is 57.8 Å². The molecule has 0 bridgehead atoms. The maximum Gasteiger partial charge on any atom is 0.243 e. The molecule has 0 saturated carbocycles. The van der Waals surface area contributed by atoms with Crippen molar-refractivity contribution in [3.63, 3.8) is 0 Å². The van der Waals surface area contributed by atoms with E-state index in [4.69, 9.17) is 14.2 Å². The lowest BCUT2D eigenvalue weighted by atomic mass is 9.98. The Hall–Kier alpha value is -1.15. The van der Waals surface area contributed by atoms with E-state index in [9.17, 15) is 8.42 Å². The van der Waals surface area contributed by atoms with Crippen molar-refractivity contribution in [3.05, 3.63) is 24.3 Å². The van der Waals surface area contributed by atoms with Gasteiger partial charge in [-0.05, 0) is 31.9 Å². The number of piperidine rings is 1. The van der Waals surface area contributed by atoms with Crippen LogP contribution in [0.4, 0.5) is 0 Å². The average Bonchev–Trinajstić information content (AvgIpc) is 3.05. The van der Waals surface area contributed by atoms with E-state index in [0.717, 1.165) is 0 Å². The number of hydrogen-bond acceptors (Lipinski definition) is 5. The lowest BCUT2D eigenvalue weighted by Gasteiger charge is -2.40. The van der Waals surface area contributed by atoms with Crippen LogP contribution >= 0.6 is 0 Å². The highest BCUT2D eigenvalue weighted by Gasteiger charge is 2.47. The van der Waals surface area contributed by atoms with Crippen molar-refractivity contribution in [2.45, 2.75) is 42.9 Å². The van der Waals surface area contributed by atoms with Crippen molar-refractivity contribution in [3.8, 4) is 5.75 Å². The first-order valence-electron chi connectivity index (χ1n) is 7.97. The van der Waals surface area contributed by atoms with Gasteiger partial charge in [-0.1, -0.05) is 6.07 Å². The first-order chi connectivity index (χ1) is 11.1. The van der Waals surface area contributed by atoms with Gasteiger partial charge in [0.05, 0.1) is 24.2 Å². The molecule has 0 radical (unpaired) electrons. The van der Waals surface area contributed by atoms with Gasteiger partial charge in [0.25, 0.3) is 0 Å². The van der Waals surface area contributed by atoms with Gasteiger partial charge >= 0.3 is 0 Å². The Morgan fingerprint density at radius 3 is 2.91 bits per heavy atom. The van der Waals surface area contributed by atoms with Gasteiger partial charge in [-0.15, -0.1) is 0 Å². The fraction of sp³-hybridized carbons (Fsp3) is 0.625. The molecule has 6 nitrogen and oxygen atoms in total. The second kappa shape index (κ2) is 6.76. The smallest absolute Gasteiger partial charge is 0.243 e. The van der Waals surface area contributed by atoms with E-state index >= 15 is 0 Å². The molecule has 7 heteroatoms. The summed E-state index contributed by atoms with van der Waals surface area (Å²) in [6.45, 7) is 3.58. The third kappa shape index (κ3) is 3.10. The van der Waals surface area contributed by atoms with Gasteiger partial charge in [0.2, 0.25) is 10.0 Å². The van der Waals surface area contributed by atoms with Gasteiger partial charge in [-0.3, -0.25) is 0 Å². The number of benzene rings is 1. The maximum absolute atomic E-state index is 13.0. The minimum Gasteiger partial charge on any atom is -0.497 e. The minimum absolute atomic E-state index is 0.0238. The molecule has 0 spiro atoms. The Morgan fingerprint density at radius 2 is 2.17 bits per heavy atom. The van der Waals surface area contributed by atoms with Crippen molar-refractivity contribution in [2.75, 3.05) is 26.9 Å². The molecule has 1 aromatic rings. The number of hydrogen-bond donors (Lipinski definition) is 0. The molecule has 2 aliphatic rings. The van der Waals surface area contributed by atoms with E-state index in [-0.39, 0.29) is 23.1 Å². The van der Waals surface area contributed by atoms with Crippen LogP contribution < -0.4 is 4.74 Å². The molecule has 2 saturated heterocycles. The maximum atomic E-state index is 13.0. The quantitative estimate of drug-likeness (QED) is 0.815. The Kier molecular flexibility index (Phi) is 4.91. The summed E-state index contributed by atoms with van der Waals surface area (Å²) in [5, 5.41) is 0. The SMILES string of the molecule is CCO[C@@H]1CCN(S(=O)(=O)c2cccc(OC)c2)[C@H]2CCO[C@H]12. The van der Waals surface area contributed by atoms with E-state index < -0.39 is 10.0 Å². The van der Waals surface area contributed by atoms with Crippen molar-refractivity contribution in [2.24, 2.45) is 0 Å². The Balaban J connectivity index is 1.88. The molecule has 2 aliphatic heterocycles. The summed E-state index contributed by atoms with van der Waals surface area (Å²) >= 11 is 0. The molecule has 0 aromatic heterocycles. The third-order valence-corrected chi connectivity index (χ3v) is 6.42. The predicted octanol–water partition coefficient (Wildman–Crippen LogP) is 1.65. The van der Waals surface area contributed by atoms with Crippen molar-refractivity contribution >= 4 is 10.0 Å². The Morgan fingerprint density at radius 1 is 1.35 bits per heavy atom. The number of rotatable bonds is 5. The Labute approximate surface area is 137 Å². The van der Waals surface area contributed by atoms with E-state index in [0.29, 0.717) is 38.3 Å². The molecule has 1 aromatic carbocycles. The van der Waals surface area contributed by atoms with Gasteiger partial charge < -0.3 is 14.2 Å². The van der Waals surface area contributed by atoms with E-state index in [1.54, 1.807) is 28.6 Å². The minimum atomic E-state index is -3.57. The second-order valence-electron chi connectivity index (χ2n) is 5.77. The highest BCUT2D eigenvalue weighted by atomic mass is 32.2. The first kappa shape index (κ1) is 16.7. The first-order valence-corrected chi connectivity index (χ1v) is 9.41. The molecule has 3 atom stereocenters. The second-order valence-corrected chi connectivity index (χ2v) is 7.66. The van der Waals surface area contributed by atoms with E-state index in [1.807, 2.05) is 6.92 Å². The van der Waals surface area contributed by atoms with E-state index in [1.165, 1.54) is 7.11 Å². The summed E-state index contributed by atoms with van der Waals surface area (Å²) in [6, 6.07) is 6.45. The molecule has 0 aliphatic carbocycles. The number of ether oxygens (including phenoxy) is 3. The molecular formula is C16H23NO5S. The summed E-state index contributed by atoms with van der Waals surface area (Å²) in [5.74, 6) is 0.537. The summed E-state index contributed by atoms with van der Waals surface area (Å²) in [5.41, 5.74) is 0. The van der Waals surface area contributed by atoms with Gasteiger partial charge in [0.1, 0.15) is 11.9 Å². The van der Waals surface area contributed by atoms with Crippen LogP contribution in [0.5, 0.6) is 5.75 Å². The van der Waals surface area contributed by atoms with Crippen LogP contribution in [0, 0.1) is 0 Å². The molecule has 3 rings (SSSR count). The van der Waals surface area contributed by atoms with Crippen molar-refractivity contribution in [1.29, 1.82) is 0 Å². The van der Waals surface area contributed by atoms with E-state index in [2.05, 4.69) is 0 Å². The highest BCUT2D eigenvalue weighted by molar-refractivity contribution is 7.89. The monoisotopic (exact) mass is 341 g/mol. The molecule has 2 fully saturated rings. The molecule has 23 heavy (non-hydrogen) atoms. The highest BCUT2D eigenvalue weighted by Crippen LogP contribution is 2.34. The lowest BCUT2D eigenvalue weighted by molar-refractivity contribution is -0.0810. The molecule has 128 valence electrons. The van der Waals surface area contributed by atoms with Gasteiger partial charge in [0, 0.05) is 25.8 Å². The predicted molar refractivity (Wildman–Crippen MR) is 85.1 cm³/mol. The summed E-state index contributed by atoms with van der Waals surface area (Å²) < 4.78 is 44.3. The Bertz CT molecular complexity index is 648. The number of sulfonamides is 1. The van der Waals surface area contributed by atoms with Crippen LogP contribution in [0.1, 0.15) is 19.8 Å². The molecule has 0 N–H and O–H groups in total. The summed E-state index contributed by atoms with van der Waals surface area (Å²) in [4.78, 5) is 0.261. The van der Waals surface area contributed by atoms with Gasteiger partial charge in [-0.2, -0.15) is 4.31 Å². The number of nitrogens with zero attached hydrogens (tertiary/aromatic N) is 1. The van der Waals surface area contributed by atoms with Crippen LogP contribution in [0.2, 0.25) is 0 Å². The number of fused-ring (bicyclic) bond motifs is 1. The average molecular weight is 341 g/mol. The zero-order valence-corrected chi connectivity index (χ0v) is 14.3. The van der Waals surface area contributed by atoms with Gasteiger partial charge in [-0.25, -0.2) is 8.42 Å². The molecule has 2 heterocycles. The normalized spacial score (nSPS) is 28.5. The zero-order chi connectivity index (χ0) is 16.4. The molecule has 0 unspecified atom stereocenters. The number of methoxy groups -OCH3 is 1. The standard InChI is InChI=1S/C16H23NO5S/c1-3-21-15-7-9-17(14-8-10-22-16(14)15)23(18,19)13-6-4-5-12(11-13)20-2/h4-6,11,14-16H,3,7-10H2,1-2H3/t14-,15+,16-/m0/s1. The lowest BCUT2D eigenvalue weighted by Crippen LogP contribution is -2.55. The third-order valence-electron chi connectivity index (χ3n) is 4.50. The van der Waals surface area contributed by atoms with Crippen LogP contribution in [0.25, 0.3) is 0 Å². The molecular weight excluding hydrogens is 318 g/mol. The van der Waals surface area contributed by atoms with Crippen LogP contribution in [0.3, 0.4) is 0 Å². The topological polar surface area (TPSA) is 65.1 Å². The fourth-order valence-corrected chi connectivity index (χ4v) is 5.15.